The van der Waals surface area contributed by atoms with E-state index in [1.165, 1.54) is 22.5 Å². The molecule has 1 aliphatic heterocycles. The van der Waals surface area contributed by atoms with Gasteiger partial charge in [0, 0.05) is 0 Å². The van der Waals surface area contributed by atoms with Crippen molar-refractivity contribution in [3.05, 3.63) is 64.9 Å². The summed E-state index contributed by atoms with van der Waals surface area (Å²) in [7, 11) is 0. The van der Waals surface area contributed by atoms with Gasteiger partial charge < -0.3 is 9.73 Å². The van der Waals surface area contributed by atoms with Gasteiger partial charge in [0.15, 0.2) is 0 Å². The first-order chi connectivity index (χ1) is 13.2. The number of fused-ring (bicyclic) bond motifs is 2. The highest BCUT2D eigenvalue weighted by Crippen LogP contribution is 2.40. The number of oxazole rings is 1. The number of aryl methyl sites for hydroxylation is 1. The van der Waals surface area contributed by atoms with Crippen LogP contribution >= 0.6 is 11.3 Å². The third kappa shape index (κ3) is 2.49. The molecule has 1 atom stereocenters. The van der Waals surface area contributed by atoms with Crippen LogP contribution in [0.2, 0.25) is 0 Å². The maximum absolute atomic E-state index is 13.3. The minimum absolute atomic E-state index is 0.101. The fraction of sp³-hybridized carbons (Fsp3) is 0.250. The maximum Gasteiger partial charge on any atom is 0.325 e. The van der Waals surface area contributed by atoms with Gasteiger partial charge in [-0.25, -0.2) is 9.78 Å². The van der Waals surface area contributed by atoms with Gasteiger partial charge in [0.25, 0.3) is 5.91 Å². The SMILES string of the molecule is O=C1NC2(CCCc3ccccc32)C(=O)N1Cc1coc(-c2cccs2)n1. The second-order valence-corrected chi connectivity index (χ2v) is 7.81. The van der Waals surface area contributed by atoms with Gasteiger partial charge in [-0.3, -0.25) is 9.69 Å². The minimum atomic E-state index is -0.952. The van der Waals surface area contributed by atoms with Crippen LogP contribution in [-0.4, -0.2) is 21.8 Å². The Kier molecular flexibility index (Phi) is 3.65. The number of imide groups is 1. The van der Waals surface area contributed by atoms with Crippen molar-refractivity contribution in [2.24, 2.45) is 0 Å². The average molecular weight is 379 g/mol. The number of thiophene rings is 1. The number of carbonyl (C=O) groups is 2. The molecule has 1 N–H and O–H groups in total. The monoisotopic (exact) mass is 379 g/mol. The van der Waals surface area contributed by atoms with Gasteiger partial charge in [-0.2, -0.15) is 0 Å². The topological polar surface area (TPSA) is 75.4 Å². The highest BCUT2D eigenvalue weighted by atomic mass is 32.1. The van der Waals surface area contributed by atoms with Crippen molar-refractivity contribution in [2.45, 2.75) is 31.3 Å². The van der Waals surface area contributed by atoms with E-state index in [2.05, 4.69) is 10.3 Å². The van der Waals surface area contributed by atoms with E-state index in [4.69, 9.17) is 4.42 Å². The predicted molar refractivity (Wildman–Crippen MR) is 100.0 cm³/mol. The van der Waals surface area contributed by atoms with Gasteiger partial charge in [-0.05, 0) is 41.8 Å². The average Bonchev–Trinajstić information content (AvgIpc) is 3.40. The highest BCUT2D eigenvalue weighted by molar-refractivity contribution is 7.13. The first-order valence-corrected chi connectivity index (χ1v) is 9.76. The summed E-state index contributed by atoms with van der Waals surface area (Å²) >= 11 is 1.53. The lowest BCUT2D eigenvalue weighted by Gasteiger charge is -2.33. The summed E-state index contributed by atoms with van der Waals surface area (Å²) in [6.45, 7) is 0.101. The van der Waals surface area contributed by atoms with E-state index >= 15 is 0 Å². The van der Waals surface area contributed by atoms with Gasteiger partial charge in [0.05, 0.1) is 17.1 Å². The van der Waals surface area contributed by atoms with Crippen LogP contribution in [0.3, 0.4) is 0 Å². The van der Waals surface area contributed by atoms with Crippen molar-refractivity contribution < 1.29 is 14.0 Å². The minimum Gasteiger partial charge on any atom is -0.443 e. The van der Waals surface area contributed by atoms with Crippen LogP contribution in [0.5, 0.6) is 0 Å². The van der Waals surface area contributed by atoms with Crippen molar-refractivity contribution in [3.63, 3.8) is 0 Å². The van der Waals surface area contributed by atoms with Crippen molar-refractivity contribution in [2.75, 3.05) is 0 Å². The smallest absolute Gasteiger partial charge is 0.325 e. The molecule has 3 amide bonds. The summed E-state index contributed by atoms with van der Waals surface area (Å²) in [5.74, 6) is 0.296. The molecule has 5 rings (SSSR count). The normalized spacial score (nSPS) is 21.6. The Morgan fingerprint density at radius 1 is 1.22 bits per heavy atom. The molecule has 3 heterocycles. The molecule has 1 fully saturated rings. The summed E-state index contributed by atoms with van der Waals surface area (Å²) in [5, 5.41) is 4.91. The van der Waals surface area contributed by atoms with Crippen molar-refractivity contribution in [1.29, 1.82) is 0 Å². The summed E-state index contributed by atoms with van der Waals surface area (Å²) in [6, 6.07) is 11.3. The molecule has 136 valence electrons. The molecule has 0 radical (unpaired) electrons. The van der Waals surface area contributed by atoms with Crippen molar-refractivity contribution >= 4 is 23.3 Å². The first kappa shape index (κ1) is 16.3. The number of hydrogen-bond acceptors (Lipinski definition) is 5. The lowest BCUT2D eigenvalue weighted by Crippen LogP contribution is -2.46. The number of aromatic nitrogens is 1. The third-order valence-electron chi connectivity index (χ3n) is 5.25. The Morgan fingerprint density at radius 2 is 2.11 bits per heavy atom. The lowest BCUT2D eigenvalue weighted by atomic mass is 9.76. The quantitative estimate of drug-likeness (QED) is 0.704. The van der Waals surface area contributed by atoms with E-state index in [0.29, 0.717) is 18.0 Å². The number of carbonyl (C=O) groups excluding carboxylic acids is 2. The van der Waals surface area contributed by atoms with E-state index in [1.54, 1.807) is 0 Å². The number of benzene rings is 1. The van der Waals surface area contributed by atoms with Crippen LogP contribution in [0.15, 0.2) is 52.5 Å². The molecule has 3 aromatic rings. The molecule has 6 nitrogen and oxygen atoms in total. The van der Waals surface area contributed by atoms with Crippen LogP contribution in [0.1, 0.15) is 29.7 Å². The van der Waals surface area contributed by atoms with Gasteiger partial charge in [0.2, 0.25) is 5.89 Å². The fourth-order valence-electron chi connectivity index (χ4n) is 4.01. The third-order valence-corrected chi connectivity index (χ3v) is 6.11. The first-order valence-electron chi connectivity index (χ1n) is 8.88. The number of urea groups is 1. The zero-order chi connectivity index (χ0) is 18.4. The fourth-order valence-corrected chi connectivity index (χ4v) is 4.67. The standard InChI is InChI=1S/C20H17N3O3S/c24-18-20(9-3-6-13-5-1-2-7-15(13)20)22-19(25)23(18)11-14-12-26-17(21-14)16-8-4-10-27-16/h1-2,4-5,7-8,10,12H,3,6,9,11H2,(H,22,25). The number of nitrogens with one attached hydrogen (secondary N) is 1. The van der Waals surface area contributed by atoms with Crippen LogP contribution in [-0.2, 0) is 23.3 Å². The largest absolute Gasteiger partial charge is 0.443 e. The van der Waals surface area contributed by atoms with E-state index in [9.17, 15) is 9.59 Å². The van der Waals surface area contributed by atoms with E-state index in [1.807, 2.05) is 41.8 Å². The molecule has 27 heavy (non-hydrogen) atoms. The Bertz CT molecular complexity index is 1030. The van der Waals surface area contributed by atoms with Crippen LogP contribution in [0.25, 0.3) is 10.8 Å². The van der Waals surface area contributed by atoms with Crippen LogP contribution in [0.4, 0.5) is 4.79 Å². The highest BCUT2D eigenvalue weighted by Gasteiger charge is 2.53. The van der Waals surface area contributed by atoms with Gasteiger partial charge in [-0.1, -0.05) is 30.3 Å². The molecular formula is C20H17N3O3S. The Labute approximate surface area is 159 Å². The molecule has 2 aliphatic rings. The summed E-state index contributed by atoms with van der Waals surface area (Å²) in [4.78, 5) is 32.5. The summed E-state index contributed by atoms with van der Waals surface area (Å²) < 4.78 is 5.51. The lowest BCUT2D eigenvalue weighted by molar-refractivity contribution is -0.132. The molecule has 0 bridgehead atoms. The molecule has 1 spiro atoms. The molecule has 2 aromatic heterocycles. The van der Waals surface area contributed by atoms with E-state index in [-0.39, 0.29) is 18.5 Å². The maximum atomic E-state index is 13.3. The van der Waals surface area contributed by atoms with E-state index < -0.39 is 5.54 Å². The van der Waals surface area contributed by atoms with Gasteiger partial charge in [-0.15, -0.1) is 11.3 Å². The molecule has 1 aromatic carbocycles. The zero-order valence-electron chi connectivity index (χ0n) is 14.5. The second-order valence-electron chi connectivity index (χ2n) is 6.86. The van der Waals surface area contributed by atoms with E-state index in [0.717, 1.165) is 28.8 Å². The van der Waals surface area contributed by atoms with Crippen molar-refractivity contribution in [1.82, 2.24) is 15.2 Å². The Balaban J connectivity index is 1.44. The number of nitrogens with zero attached hydrogens (tertiary/aromatic N) is 2. The molecule has 1 aliphatic carbocycles. The summed E-state index contributed by atoms with van der Waals surface area (Å²) in [6.07, 6.45) is 3.91. The second kappa shape index (κ2) is 6.06. The van der Waals surface area contributed by atoms with Crippen LogP contribution in [0, 0.1) is 0 Å². The molecule has 1 saturated heterocycles. The number of amides is 3. The van der Waals surface area contributed by atoms with Crippen molar-refractivity contribution in [3.8, 4) is 10.8 Å². The summed E-state index contributed by atoms with van der Waals surface area (Å²) in [5.41, 5.74) is 1.65. The Morgan fingerprint density at radius 3 is 2.96 bits per heavy atom. The van der Waals surface area contributed by atoms with Gasteiger partial charge >= 0.3 is 6.03 Å². The Hall–Kier alpha value is -2.93. The number of rotatable bonds is 3. The molecule has 7 heteroatoms. The number of hydrogen-bond donors (Lipinski definition) is 1. The zero-order valence-corrected chi connectivity index (χ0v) is 15.3. The molecule has 1 unspecified atom stereocenters. The molecule has 0 saturated carbocycles. The van der Waals surface area contributed by atoms with Crippen LogP contribution < -0.4 is 5.32 Å². The predicted octanol–water partition coefficient (Wildman–Crippen LogP) is 3.69. The van der Waals surface area contributed by atoms with Gasteiger partial charge in [0.1, 0.15) is 11.8 Å². The molecular weight excluding hydrogens is 362 g/mol.